The van der Waals surface area contributed by atoms with Crippen molar-refractivity contribution in [1.82, 2.24) is 4.40 Å². The van der Waals surface area contributed by atoms with Gasteiger partial charge in [-0.3, -0.25) is 0 Å². The average Bonchev–Trinajstić information content (AvgIpc) is 3.93. The van der Waals surface area contributed by atoms with Crippen molar-refractivity contribution >= 4 is 44.3 Å². The summed E-state index contributed by atoms with van der Waals surface area (Å²) in [4.78, 5) is 2.48. The topological polar surface area (TPSA) is 7.65 Å². The van der Waals surface area contributed by atoms with E-state index in [-0.39, 0.29) is 10.8 Å². The summed E-state index contributed by atoms with van der Waals surface area (Å²) in [5.41, 5.74) is 23.6. The van der Waals surface area contributed by atoms with E-state index in [4.69, 9.17) is 0 Å². The molecule has 0 N–H and O–H groups in total. The largest absolute Gasteiger partial charge is 0.310 e. The van der Waals surface area contributed by atoms with Crippen LogP contribution in [0.5, 0.6) is 0 Å². The third-order valence-corrected chi connectivity index (χ3v) is 15.0. The van der Waals surface area contributed by atoms with Crippen LogP contribution in [0.15, 0.2) is 218 Å². The van der Waals surface area contributed by atoms with E-state index in [0.29, 0.717) is 0 Å². The Morgan fingerprint density at radius 3 is 1.36 bits per heavy atom. The minimum atomic E-state index is -0.132. The molecule has 0 atom stereocenters. The van der Waals surface area contributed by atoms with Crippen LogP contribution in [0.3, 0.4) is 0 Å². The van der Waals surface area contributed by atoms with Gasteiger partial charge in [0.1, 0.15) is 0 Å². The van der Waals surface area contributed by atoms with Crippen LogP contribution >= 0.6 is 0 Å². The minimum Gasteiger partial charge on any atom is -0.310 e. The summed E-state index contributed by atoms with van der Waals surface area (Å²) in [7, 11) is 0. The second-order valence-corrected chi connectivity index (χ2v) is 19.3. The van der Waals surface area contributed by atoms with Crippen LogP contribution < -0.4 is 4.90 Å². The highest BCUT2D eigenvalue weighted by atomic mass is 15.1. The summed E-state index contributed by atoms with van der Waals surface area (Å²) in [6.45, 7) is 9.50. The Balaban J connectivity index is 1.06. The van der Waals surface area contributed by atoms with Crippen LogP contribution in [0, 0.1) is 0 Å². The molecule has 0 bridgehead atoms. The molecular formula is C64H48N2. The third kappa shape index (κ3) is 5.48. The van der Waals surface area contributed by atoms with Gasteiger partial charge in [-0.25, -0.2) is 0 Å². The number of rotatable bonds is 6. The lowest BCUT2D eigenvalue weighted by atomic mass is 9.82. The van der Waals surface area contributed by atoms with Crippen molar-refractivity contribution in [3.8, 4) is 55.8 Å². The van der Waals surface area contributed by atoms with Crippen molar-refractivity contribution in [2.75, 3.05) is 4.90 Å². The first-order chi connectivity index (χ1) is 32.3. The van der Waals surface area contributed by atoms with Crippen LogP contribution in [0.25, 0.3) is 83.0 Å². The van der Waals surface area contributed by atoms with Crippen LogP contribution in [-0.2, 0) is 10.8 Å². The number of para-hydroxylation sites is 1. The molecule has 0 saturated carbocycles. The lowest BCUT2D eigenvalue weighted by Gasteiger charge is -2.30. The molecule has 2 heterocycles. The number of nitrogens with zero attached hydrogens (tertiary/aromatic N) is 2. The first-order valence-corrected chi connectivity index (χ1v) is 23.3. The SMILES string of the molecule is CC1(C)c2ccccc2-c2ccc(N(c3ccc(-c4c(-c5ccccc5)c(-c5ccccc5)n5c6ccccc6c6ccccc6c45)cc3)c3ccc4c(c3)C(C)(C)c3ccccc3-4)cc21. The van der Waals surface area contributed by atoms with E-state index in [1.807, 2.05) is 0 Å². The Bertz CT molecular complexity index is 3630. The third-order valence-electron chi connectivity index (χ3n) is 15.0. The monoisotopic (exact) mass is 844 g/mol. The lowest BCUT2D eigenvalue weighted by molar-refractivity contribution is 0.660. The van der Waals surface area contributed by atoms with Gasteiger partial charge in [0.25, 0.3) is 0 Å². The van der Waals surface area contributed by atoms with Gasteiger partial charge in [-0.1, -0.05) is 204 Å². The van der Waals surface area contributed by atoms with E-state index >= 15 is 0 Å². The predicted octanol–water partition coefficient (Wildman–Crippen LogP) is 17.3. The van der Waals surface area contributed by atoms with Crippen molar-refractivity contribution in [2.24, 2.45) is 0 Å². The number of hydrogen-bond donors (Lipinski definition) is 0. The number of hydrogen-bond acceptors (Lipinski definition) is 1. The summed E-state index contributed by atoms with van der Waals surface area (Å²) in [5.74, 6) is 0. The molecule has 2 aliphatic rings. The fourth-order valence-electron chi connectivity index (χ4n) is 11.8. The fourth-order valence-corrected chi connectivity index (χ4v) is 11.8. The highest BCUT2D eigenvalue weighted by molar-refractivity contribution is 6.20. The molecule has 2 aliphatic carbocycles. The first-order valence-electron chi connectivity index (χ1n) is 23.3. The number of fused-ring (bicyclic) bond motifs is 12. The van der Waals surface area contributed by atoms with Crippen molar-refractivity contribution in [1.29, 1.82) is 0 Å². The number of benzene rings is 9. The summed E-state index contributed by atoms with van der Waals surface area (Å²) < 4.78 is 2.54. The molecule has 0 saturated heterocycles. The molecule has 0 spiro atoms. The van der Waals surface area contributed by atoms with E-state index in [1.54, 1.807) is 0 Å². The summed E-state index contributed by atoms with van der Waals surface area (Å²) in [6, 6.07) is 81.3. The van der Waals surface area contributed by atoms with Crippen LogP contribution in [-0.4, -0.2) is 4.40 Å². The Hall–Kier alpha value is -7.94. The quantitative estimate of drug-likeness (QED) is 0.151. The molecule has 9 aromatic carbocycles. The van der Waals surface area contributed by atoms with E-state index in [0.717, 1.165) is 17.1 Å². The summed E-state index contributed by atoms with van der Waals surface area (Å²) in [6.07, 6.45) is 0. The molecule has 0 fully saturated rings. The van der Waals surface area contributed by atoms with Gasteiger partial charge in [0.2, 0.25) is 0 Å². The van der Waals surface area contributed by atoms with Crippen molar-refractivity contribution in [3.05, 3.63) is 241 Å². The second-order valence-electron chi connectivity index (χ2n) is 19.3. The van der Waals surface area contributed by atoms with E-state index in [2.05, 4.69) is 255 Å². The van der Waals surface area contributed by atoms with E-state index < -0.39 is 0 Å². The molecule has 0 unspecified atom stereocenters. The van der Waals surface area contributed by atoms with Gasteiger partial charge in [0.05, 0.1) is 16.7 Å². The molecule has 2 nitrogen and oxygen atoms in total. The van der Waals surface area contributed by atoms with Gasteiger partial charge >= 0.3 is 0 Å². The lowest BCUT2D eigenvalue weighted by Crippen LogP contribution is -2.18. The van der Waals surface area contributed by atoms with Gasteiger partial charge < -0.3 is 9.30 Å². The first kappa shape index (κ1) is 38.5. The highest BCUT2D eigenvalue weighted by Crippen LogP contribution is 2.54. The molecule has 0 radical (unpaired) electrons. The maximum Gasteiger partial charge on any atom is 0.0626 e. The molecule has 0 aliphatic heterocycles. The molecule has 11 aromatic rings. The van der Waals surface area contributed by atoms with E-state index in [9.17, 15) is 0 Å². The molecular weight excluding hydrogens is 797 g/mol. The Morgan fingerprint density at radius 2 is 0.773 bits per heavy atom. The molecule has 314 valence electrons. The van der Waals surface area contributed by atoms with Crippen LogP contribution in [0.4, 0.5) is 17.1 Å². The molecule has 2 aromatic heterocycles. The van der Waals surface area contributed by atoms with E-state index in [1.165, 1.54) is 105 Å². The van der Waals surface area contributed by atoms with Gasteiger partial charge in [-0.05, 0) is 109 Å². The Labute approximate surface area is 386 Å². The van der Waals surface area contributed by atoms with Gasteiger partial charge in [-0.15, -0.1) is 0 Å². The van der Waals surface area contributed by atoms with Crippen molar-refractivity contribution in [3.63, 3.8) is 0 Å². The zero-order valence-electron chi connectivity index (χ0n) is 37.7. The minimum absolute atomic E-state index is 0.132. The number of pyridine rings is 1. The highest BCUT2D eigenvalue weighted by Gasteiger charge is 2.38. The second kappa shape index (κ2) is 14.3. The maximum absolute atomic E-state index is 2.54. The standard InChI is InChI=1S/C64H48N2/c1-63(2)54-28-16-13-24-48(54)50-37-35-45(39-56(50)63)65(46-36-38-51-49-25-14-17-29-55(49)64(3,4)57(51)40-46)44-33-31-42(32-34-44)60-59(41-19-7-5-8-20-41)61(43-21-9-6-10-22-43)66-58-30-18-15-26-52(58)47-23-11-12-27-53(47)62(60)66/h5-40H,1-4H3. The molecule has 13 rings (SSSR count). The molecule has 0 amide bonds. The van der Waals surface area contributed by atoms with Crippen LogP contribution in [0.1, 0.15) is 49.9 Å². The van der Waals surface area contributed by atoms with Crippen molar-refractivity contribution in [2.45, 2.75) is 38.5 Å². The smallest absolute Gasteiger partial charge is 0.0626 e. The molecule has 66 heavy (non-hydrogen) atoms. The number of aromatic nitrogens is 1. The maximum atomic E-state index is 2.54. The van der Waals surface area contributed by atoms with Crippen LogP contribution in [0.2, 0.25) is 0 Å². The zero-order valence-corrected chi connectivity index (χ0v) is 37.7. The molecule has 2 heteroatoms. The van der Waals surface area contributed by atoms with Gasteiger partial charge in [0.15, 0.2) is 0 Å². The zero-order chi connectivity index (χ0) is 44.3. The summed E-state index contributed by atoms with van der Waals surface area (Å²) in [5, 5.41) is 3.73. The number of anilines is 3. The van der Waals surface area contributed by atoms with Crippen molar-refractivity contribution < 1.29 is 0 Å². The average molecular weight is 845 g/mol. The Kier molecular flexibility index (Phi) is 8.33. The Morgan fingerprint density at radius 1 is 0.333 bits per heavy atom. The normalized spacial score (nSPS) is 14.0. The summed E-state index contributed by atoms with van der Waals surface area (Å²) >= 11 is 0. The fraction of sp³-hybridized carbons (Fsp3) is 0.0938. The van der Waals surface area contributed by atoms with Gasteiger partial charge in [0, 0.05) is 49.8 Å². The predicted molar refractivity (Wildman–Crippen MR) is 279 cm³/mol. The van der Waals surface area contributed by atoms with Gasteiger partial charge in [-0.2, -0.15) is 0 Å².